The van der Waals surface area contributed by atoms with Gasteiger partial charge in [-0.15, -0.1) is 0 Å². The van der Waals surface area contributed by atoms with E-state index in [-0.39, 0.29) is 11.3 Å². The molecule has 0 aromatic rings. The third kappa shape index (κ3) is 2.31. The summed E-state index contributed by atoms with van der Waals surface area (Å²) < 4.78 is 0. The minimum absolute atomic E-state index is 0.163. The van der Waals surface area contributed by atoms with Crippen molar-refractivity contribution in [3.8, 4) is 0 Å². The third-order valence-corrected chi connectivity index (χ3v) is 2.41. The summed E-state index contributed by atoms with van der Waals surface area (Å²) in [4.78, 5) is 11.8. The molecule has 1 fully saturated rings. The summed E-state index contributed by atoms with van der Waals surface area (Å²) in [6.07, 6.45) is 2.22. The van der Waals surface area contributed by atoms with Crippen molar-refractivity contribution in [2.75, 3.05) is 13.1 Å². The topological polar surface area (TPSA) is 29.1 Å². The van der Waals surface area contributed by atoms with Crippen LogP contribution >= 0.6 is 0 Å². The van der Waals surface area contributed by atoms with E-state index in [0.29, 0.717) is 5.78 Å². The molecular formula is C10H19NO. The van der Waals surface area contributed by atoms with Crippen LogP contribution in [0.5, 0.6) is 0 Å². The molecule has 0 aromatic heterocycles. The van der Waals surface area contributed by atoms with Gasteiger partial charge < -0.3 is 5.32 Å². The van der Waals surface area contributed by atoms with Gasteiger partial charge in [0.15, 0.2) is 0 Å². The fraction of sp³-hybridized carbons (Fsp3) is 0.900. The number of piperidine rings is 1. The van der Waals surface area contributed by atoms with E-state index in [9.17, 15) is 4.79 Å². The summed E-state index contributed by atoms with van der Waals surface area (Å²) in [5.41, 5.74) is -0.163. The van der Waals surface area contributed by atoms with Gasteiger partial charge in [0, 0.05) is 17.9 Å². The predicted molar refractivity (Wildman–Crippen MR) is 50.1 cm³/mol. The average molecular weight is 169 g/mol. The van der Waals surface area contributed by atoms with Crippen molar-refractivity contribution in [1.29, 1.82) is 0 Å². The van der Waals surface area contributed by atoms with E-state index in [2.05, 4.69) is 5.32 Å². The van der Waals surface area contributed by atoms with Crippen molar-refractivity contribution < 1.29 is 4.79 Å². The first kappa shape index (κ1) is 9.72. The molecule has 2 heteroatoms. The highest BCUT2D eigenvalue weighted by atomic mass is 16.1. The van der Waals surface area contributed by atoms with Crippen LogP contribution in [-0.2, 0) is 4.79 Å². The molecule has 1 aliphatic rings. The van der Waals surface area contributed by atoms with Gasteiger partial charge in [-0.2, -0.15) is 0 Å². The van der Waals surface area contributed by atoms with Crippen LogP contribution in [-0.4, -0.2) is 18.9 Å². The Morgan fingerprint density at radius 1 is 1.42 bits per heavy atom. The Labute approximate surface area is 74.7 Å². The lowest BCUT2D eigenvalue weighted by molar-refractivity contribution is -0.130. The Kier molecular flexibility index (Phi) is 2.89. The summed E-state index contributed by atoms with van der Waals surface area (Å²) in [6.45, 7) is 7.97. The molecule has 1 atom stereocenters. The first-order chi connectivity index (χ1) is 5.52. The lowest BCUT2D eigenvalue weighted by Gasteiger charge is -2.27. The molecule has 0 spiro atoms. The second kappa shape index (κ2) is 3.56. The molecule has 0 radical (unpaired) electrons. The van der Waals surface area contributed by atoms with E-state index < -0.39 is 0 Å². The van der Waals surface area contributed by atoms with Gasteiger partial charge in [0.05, 0.1) is 0 Å². The maximum Gasteiger partial charge on any atom is 0.142 e. The molecule has 0 unspecified atom stereocenters. The van der Waals surface area contributed by atoms with Gasteiger partial charge in [-0.05, 0) is 19.4 Å². The number of carbonyl (C=O) groups excluding carboxylic acids is 1. The van der Waals surface area contributed by atoms with Crippen LogP contribution in [0, 0.1) is 11.3 Å². The third-order valence-electron chi connectivity index (χ3n) is 2.41. The van der Waals surface area contributed by atoms with E-state index >= 15 is 0 Å². The van der Waals surface area contributed by atoms with Crippen molar-refractivity contribution in [1.82, 2.24) is 5.32 Å². The standard InChI is InChI=1S/C10H19NO/c1-10(2,3)9(12)8-5-4-6-11-7-8/h8,11H,4-7H2,1-3H3/t8-/m1/s1. The molecule has 2 nitrogen and oxygen atoms in total. The molecule has 1 N–H and O–H groups in total. The van der Waals surface area contributed by atoms with Gasteiger partial charge in [-0.3, -0.25) is 4.79 Å². The van der Waals surface area contributed by atoms with Gasteiger partial charge in [-0.25, -0.2) is 0 Å². The van der Waals surface area contributed by atoms with Crippen LogP contribution in [0.2, 0.25) is 0 Å². The molecule has 1 saturated heterocycles. The van der Waals surface area contributed by atoms with Crippen LogP contribution in [0.1, 0.15) is 33.6 Å². The first-order valence-corrected chi connectivity index (χ1v) is 4.77. The van der Waals surface area contributed by atoms with E-state index in [1.807, 2.05) is 20.8 Å². The molecule has 0 aliphatic carbocycles. The SMILES string of the molecule is CC(C)(C)C(=O)[C@@H]1CCCNC1. The summed E-state index contributed by atoms with van der Waals surface area (Å²) in [6, 6.07) is 0. The fourth-order valence-electron chi connectivity index (χ4n) is 1.69. The Morgan fingerprint density at radius 2 is 2.08 bits per heavy atom. The average Bonchev–Trinajstić information content (AvgIpc) is 2.03. The fourth-order valence-corrected chi connectivity index (χ4v) is 1.69. The minimum Gasteiger partial charge on any atom is -0.316 e. The normalized spacial score (nSPS) is 25.4. The maximum absolute atomic E-state index is 11.8. The molecule has 0 amide bonds. The van der Waals surface area contributed by atoms with Crippen molar-refractivity contribution in [3.05, 3.63) is 0 Å². The minimum atomic E-state index is -0.163. The summed E-state index contributed by atoms with van der Waals surface area (Å²) in [5.74, 6) is 0.674. The Bertz CT molecular complexity index is 163. The van der Waals surface area contributed by atoms with Crippen LogP contribution in [0.4, 0.5) is 0 Å². The number of nitrogens with one attached hydrogen (secondary N) is 1. The molecule has 0 aromatic carbocycles. The molecule has 0 bridgehead atoms. The second-order valence-corrected chi connectivity index (χ2v) is 4.66. The molecule has 0 saturated carbocycles. The van der Waals surface area contributed by atoms with Crippen LogP contribution < -0.4 is 5.32 Å². The number of rotatable bonds is 1. The number of hydrogen-bond acceptors (Lipinski definition) is 2. The first-order valence-electron chi connectivity index (χ1n) is 4.77. The second-order valence-electron chi connectivity index (χ2n) is 4.66. The van der Waals surface area contributed by atoms with E-state index in [1.165, 1.54) is 0 Å². The van der Waals surface area contributed by atoms with Crippen LogP contribution in [0.25, 0.3) is 0 Å². The zero-order valence-corrected chi connectivity index (χ0v) is 8.31. The van der Waals surface area contributed by atoms with Crippen LogP contribution in [0.3, 0.4) is 0 Å². The molecule has 1 rings (SSSR count). The Hall–Kier alpha value is -0.370. The van der Waals surface area contributed by atoms with Gasteiger partial charge in [0.1, 0.15) is 5.78 Å². The Balaban J connectivity index is 2.51. The lowest BCUT2D eigenvalue weighted by Crippen LogP contribution is -2.39. The summed E-state index contributed by atoms with van der Waals surface area (Å²) >= 11 is 0. The summed E-state index contributed by atoms with van der Waals surface area (Å²) in [5, 5.41) is 3.27. The number of ketones is 1. The zero-order valence-electron chi connectivity index (χ0n) is 8.31. The summed E-state index contributed by atoms with van der Waals surface area (Å²) in [7, 11) is 0. The molecule has 12 heavy (non-hydrogen) atoms. The van der Waals surface area contributed by atoms with E-state index in [4.69, 9.17) is 0 Å². The number of hydrogen-bond donors (Lipinski definition) is 1. The quantitative estimate of drug-likeness (QED) is 0.646. The van der Waals surface area contributed by atoms with Gasteiger partial charge in [-0.1, -0.05) is 20.8 Å². The van der Waals surface area contributed by atoms with Gasteiger partial charge in [0.25, 0.3) is 0 Å². The Morgan fingerprint density at radius 3 is 2.50 bits per heavy atom. The molecule has 1 aliphatic heterocycles. The molecule has 70 valence electrons. The maximum atomic E-state index is 11.8. The smallest absolute Gasteiger partial charge is 0.142 e. The van der Waals surface area contributed by atoms with Crippen LogP contribution in [0.15, 0.2) is 0 Å². The van der Waals surface area contributed by atoms with E-state index in [1.54, 1.807) is 0 Å². The monoisotopic (exact) mass is 169 g/mol. The highest BCUT2D eigenvalue weighted by molar-refractivity contribution is 5.86. The number of Topliss-reactive ketones (excluding diaryl/α,β-unsaturated/α-hetero) is 1. The largest absolute Gasteiger partial charge is 0.316 e. The van der Waals surface area contributed by atoms with Crippen molar-refractivity contribution in [3.63, 3.8) is 0 Å². The van der Waals surface area contributed by atoms with Gasteiger partial charge in [0.2, 0.25) is 0 Å². The molecular weight excluding hydrogens is 150 g/mol. The van der Waals surface area contributed by atoms with Crippen molar-refractivity contribution >= 4 is 5.78 Å². The van der Waals surface area contributed by atoms with E-state index in [0.717, 1.165) is 25.9 Å². The zero-order chi connectivity index (χ0) is 9.19. The lowest BCUT2D eigenvalue weighted by atomic mass is 9.80. The highest BCUT2D eigenvalue weighted by Crippen LogP contribution is 2.23. The molecule has 1 heterocycles. The van der Waals surface area contributed by atoms with Gasteiger partial charge >= 0.3 is 0 Å². The number of carbonyl (C=O) groups is 1. The van der Waals surface area contributed by atoms with Crippen molar-refractivity contribution in [2.45, 2.75) is 33.6 Å². The predicted octanol–water partition coefficient (Wildman–Crippen LogP) is 1.60. The van der Waals surface area contributed by atoms with Crippen molar-refractivity contribution in [2.24, 2.45) is 11.3 Å². The highest BCUT2D eigenvalue weighted by Gasteiger charge is 2.29.